The number of carbonyl (C=O) groups is 1. The second-order valence-electron chi connectivity index (χ2n) is 3.46. The number of hydrogen-bond donors (Lipinski definition) is 1. The first-order valence-corrected chi connectivity index (χ1v) is 7.17. The van der Waals surface area contributed by atoms with E-state index in [4.69, 9.17) is 0 Å². The minimum Gasteiger partial charge on any atom is -0.464 e. The molecule has 8 heteroatoms. The van der Waals surface area contributed by atoms with Crippen LogP contribution in [0.25, 0.3) is 0 Å². The summed E-state index contributed by atoms with van der Waals surface area (Å²) in [5.74, 6) is -0.0115. The lowest BCUT2D eigenvalue weighted by Crippen LogP contribution is -2.18. The molecule has 18 heavy (non-hydrogen) atoms. The van der Waals surface area contributed by atoms with Crippen molar-refractivity contribution in [1.82, 2.24) is 10.2 Å². The molecule has 100 valence electrons. The van der Waals surface area contributed by atoms with Crippen LogP contribution in [0.15, 0.2) is 12.1 Å². The molecule has 0 saturated carbocycles. The van der Waals surface area contributed by atoms with Crippen LogP contribution in [-0.2, 0) is 14.6 Å². The van der Waals surface area contributed by atoms with Crippen LogP contribution in [0.1, 0.15) is 17.4 Å². The fraction of sp³-hybridized carbons (Fsp3) is 0.500. The predicted molar refractivity (Wildman–Crippen MR) is 66.2 cm³/mol. The summed E-state index contributed by atoms with van der Waals surface area (Å²) >= 11 is 0. The molecule has 1 aromatic heterocycles. The second kappa shape index (κ2) is 6.29. The average molecular weight is 273 g/mol. The lowest BCUT2D eigenvalue weighted by molar-refractivity contribution is 0.0593. The van der Waals surface area contributed by atoms with Gasteiger partial charge in [-0.3, -0.25) is 0 Å². The summed E-state index contributed by atoms with van der Waals surface area (Å²) in [6, 6.07) is 2.99. The highest BCUT2D eigenvalue weighted by atomic mass is 32.2. The minimum atomic E-state index is -3.00. The molecule has 0 bridgehead atoms. The van der Waals surface area contributed by atoms with Crippen molar-refractivity contribution in [2.75, 3.05) is 30.5 Å². The molecule has 7 nitrogen and oxygen atoms in total. The Kier molecular flexibility index (Phi) is 5.02. The van der Waals surface area contributed by atoms with E-state index in [1.807, 2.05) is 0 Å². The maximum absolute atomic E-state index is 11.2. The van der Waals surface area contributed by atoms with E-state index in [1.54, 1.807) is 6.92 Å². The van der Waals surface area contributed by atoms with Crippen molar-refractivity contribution in [2.24, 2.45) is 0 Å². The van der Waals surface area contributed by atoms with Crippen molar-refractivity contribution in [1.29, 1.82) is 0 Å². The van der Waals surface area contributed by atoms with Crippen LogP contribution in [0.2, 0.25) is 0 Å². The molecule has 0 aliphatic carbocycles. The number of aromatic nitrogens is 2. The SMILES string of the molecule is CCS(=O)(=O)CCNc1ccc(C(=O)OC)nn1. The molecule has 0 saturated heterocycles. The quantitative estimate of drug-likeness (QED) is 0.734. The fourth-order valence-electron chi connectivity index (χ4n) is 1.12. The zero-order chi connectivity index (χ0) is 13.6. The zero-order valence-electron chi connectivity index (χ0n) is 10.2. The Hall–Kier alpha value is -1.70. The van der Waals surface area contributed by atoms with Gasteiger partial charge in [0, 0.05) is 12.3 Å². The van der Waals surface area contributed by atoms with E-state index in [-0.39, 0.29) is 23.7 Å². The third-order valence-electron chi connectivity index (χ3n) is 2.22. The van der Waals surface area contributed by atoms with Crippen molar-refractivity contribution in [2.45, 2.75) is 6.92 Å². The minimum absolute atomic E-state index is 0.0317. The van der Waals surface area contributed by atoms with Crippen LogP contribution >= 0.6 is 0 Å². The first-order chi connectivity index (χ1) is 8.48. The topological polar surface area (TPSA) is 98.2 Å². The molecule has 1 aromatic rings. The van der Waals surface area contributed by atoms with Crippen molar-refractivity contribution in [3.63, 3.8) is 0 Å². The van der Waals surface area contributed by atoms with E-state index >= 15 is 0 Å². The summed E-state index contributed by atoms with van der Waals surface area (Å²) in [6.45, 7) is 1.85. The van der Waals surface area contributed by atoms with Crippen LogP contribution in [0.3, 0.4) is 0 Å². The number of carbonyl (C=O) groups excluding carboxylic acids is 1. The molecule has 0 aliphatic rings. The van der Waals surface area contributed by atoms with Crippen LogP contribution in [-0.4, -0.2) is 49.7 Å². The molecule has 0 fully saturated rings. The number of nitrogens with zero attached hydrogens (tertiary/aromatic N) is 2. The molecule has 1 N–H and O–H groups in total. The number of rotatable bonds is 6. The maximum Gasteiger partial charge on any atom is 0.358 e. The fourth-order valence-corrected chi connectivity index (χ4v) is 1.82. The highest BCUT2D eigenvalue weighted by Gasteiger charge is 2.09. The van der Waals surface area contributed by atoms with Gasteiger partial charge in [0.2, 0.25) is 0 Å². The van der Waals surface area contributed by atoms with E-state index in [9.17, 15) is 13.2 Å². The smallest absolute Gasteiger partial charge is 0.358 e. The number of ether oxygens (including phenoxy) is 1. The van der Waals surface area contributed by atoms with Gasteiger partial charge in [-0.15, -0.1) is 10.2 Å². The molecule has 0 amide bonds. The second-order valence-corrected chi connectivity index (χ2v) is 5.93. The lowest BCUT2D eigenvalue weighted by atomic mass is 10.4. The number of esters is 1. The number of hydrogen-bond acceptors (Lipinski definition) is 7. The molecular weight excluding hydrogens is 258 g/mol. The van der Waals surface area contributed by atoms with Gasteiger partial charge in [-0.25, -0.2) is 13.2 Å². The molecule has 0 radical (unpaired) electrons. The van der Waals surface area contributed by atoms with E-state index in [0.717, 1.165) is 0 Å². The summed E-state index contributed by atoms with van der Waals surface area (Å²) in [6.07, 6.45) is 0. The summed E-state index contributed by atoms with van der Waals surface area (Å²) in [4.78, 5) is 11.1. The molecular formula is C10H15N3O4S. The highest BCUT2D eigenvalue weighted by molar-refractivity contribution is 7.91. The van der Waals surface area contributed by atoms with Crippen molar-refractivity contribution >= 4 is 21.6 Å². The van der Waals surface area contributed by atoms with Gasteiger partial charge >= 0.3 is 5.97 Å². The molecule has 0 spiro atoms. The van der Waals surface area contributed by atoms with Gasteiger partial charge < -0.3 is 10.1 Å². The first-order valence-electron chi connectivity index (χ1n) is 5.35. The summed E-state index contributed by atoms with van der Waals surface area (Å²) in [7, 11) is -1.74. The third kappa shape index (κ3) is 4.28. The number of anilines is 1. The zero-order valence-corrected chi connectivity index (χ0v) is 11.0. The number of methoxy groups -OCH3 is 1. The van der Waals surface area contributed by atoms with Gasteiger partial charge in [0.15, 0.2) is 15.5 Å². The third-order valence-corrected chi connectivity index (χ3v) is 3.92. The van der Waals surface area contributed by atoms with Crippen molar-refractivity contribution in [3.05, 3.63) is 17.8 Å². The molecule has 1 rings (SSSR count). The molecule has 0 aromatic carbocycles. The van der Waals surface area contributed by atoms with Gasteiger partial charge in [0.05, 0.1) is 12.9 Å². The molecule has 0 aliphatic heterocycles. The van der Waals surface area contributed by atoms with Gasteiger partial charge in [-0.2, -0.15) is 0 Å². The first kappa shape index (κ1) is 14.4. The Labute approximate surface area is 105 Å². The average Bonchev–Trinajstić information content (AvgIpc) is 2.38. The predicted octanol–water partition coefficient (Wildman–Crippen LogP) is 0.110. The van der Waals surface area contributed by atoms with Crippen LogP contribution in [0, 0.1) is 0 Å². The van der Waals surface area contributed by atoms with Gasteiger partial charge in [0.1, 0.15) is 5.82 Å². The molecule has 0 unspecified atom stereocenters. The lowest BCUT2D eigenvalue weighted by Gasteiger charge is -2.05. The van der Waals surface area contributed by atoms with Crippen molar-refractivity contribution < 1.29 is 17.9 Å². The Morgan fingerprint density at radius 2 is 2.11 bits per heavy atom. The standard InChI is InChI=1S/C10H15N3O4S/c1-3-18(15,16)7-6-11-9-5-4-8(12-13-9)10(14)17-2/h4-5H,3,6-7H2,1-2H3,(H,11,13). The van der Waals surface area contributed by atoms with E-state index < -0.39 is 15.8 Å². The maximum atomic E-state index is 11.2. The Bertz CT molecular complexity index is 498. The van der Waals surface area contributed by atoms with Gasteiger partial charge in [-0.05, 0) is 12.1 Å². The normalized spacial score (nSPS) is 11.0. The highest BCUT2D eigenvalue weighted by Crippen LogP contribution is 2.03. The Balaban J connectivity index is 2.52. The van der Waals surface area contributed by atoms with E-state index in [1.165, 1.54) is 19.2 Å². The summed E-state index contributed by atoms with van der Waals surface area (Å²) in [5, 5.41) is 10.2. The van der Waals surface area contributed by atoms with E-state index in [2.05, 4.69) is 20.3 Å². The largest absolute Gasteiger partial charge is 0.464 e. The monoisotopic (exact) mass is 273 g/mol. The van der Waals surface area contributed by atoms with Crippen LogP contribution in [0.5, 0.6) is 0 Å². The number of nitrogens with one attached hydrogen (secondary N) is 1. The molecule has 1 heterocycles. The number of sulfone groups is 1. The van der Waals surface area contributed by atoms with Crippen LogP contribution in [0.4, 0.5) is 5.82 Å². The van der Waals surface area contributed by atoms with Crippen LogP contribution < -0.4 is 5.32 Å². The summed E-state index contributed by atoms with van der Waals surface area (Å²) in [5.41, 5.74) is 0.101. The molecule has 0 atom stereocenters. The summed E-state index contributed by atoms with van der Waals surface area (Å²) < 4.78 is 26.9. The van der Waals surface area contributed by atoms with Gasteiger partial charge in [0.25, 0.3) is 0 Å². The van der Waals surface area contributed by atoms with Gasteiger partial charge in [-0.1, -0.05) is 6.92 Å². The van der Waals surface area contributed by atoms with Crippen molar-refractivity contribution in [3.8, 4) is 0 Å². The Morgan fingerprint density at radius 3 is 2.61 bits per heavy atom. The van der Waals surface area contributed by atoms with E-state index in [0.29, 0.717) is 5.82 Å². The Morgan fingerprint density at radius 1 is 1.39 bits per heavy atom.